The van der Waals surface area contributed by atoms with Crippen molar-refractivity contribution in [2.45, 2.75) is 25.7 Å². The number of hydrogen-bond acceptors (Lipinski definition) is 6. The average molecular weight is 486 g/mol. The highest BCUT2D eigenvalue weighted by Gasteiger charge is 2.33. The number of amides is 2. The predicted octanol–water partition coefficient (Wildman–Crippen LogP) is 4.17. The van der Waals surface area contributed by atoms with Gasteiger partial charge in [0, 0.05) is 11.4 Å². The smallest absolute Gasteiger partial charge is 0.248 e. The third-order valence-electron chi connectivity index (χ3n) is 5.61. The van der Waals surface area contributed by atoms with Gasteiger partial charge in [0.2, 0.25) is 11.8 Å². The number of carbonyl (C=O) groups is 2. The molecule has 1 atom stereocenters. The Hall–Kier alpha value is -4.24. The van der Waals surface area contributed by atoms with Crippen molar-refractivity contribution in [1.29, 1.82) is 0 Å². The zero-order chi connectivity index (χ0) is 24.0. The number of nitrogens with zero attached hydrogens (tertiary/aromatic N) is 4. The number of rotatable bonds is 9. The van der Waals surface area contributed by atoms with Gasteiger partial charge in [-0.25, -0.2) is 4.68 Å². The van der Waals surface area contributed by atoms with Gasteiger partial charge >= 0.3 is 0 Å². The molecule has 2 aromatic carbocycles. The maximum atomic E-state index is 13.8. The Kier molecular flexibility index (Phi) is 6.67. The van der Waals surface area contributed by atoms with Crippen LogP contribution in [0.5, 0.6) is 0 Å². The van der Waals surface area contributed by atoms with Crippen molar-refractivity contribution in [3.8, 4) is 0 Å². The summed E-state index contributed by atoms with van der Waals surface area (Å²) >= 11 is 1.44. The molecule has 5 aromatic rings. The first-order valence-electron chi connectivity index (χ1n) is 11.1. The molecule has 2 amide bonds. The first-order chi connectivity index (χ1) is 17.2. The maximum Gasteiger partial charge on any atom is 0.248 e. The molecule has 35 heavy (non-hydrogen) atoms. The zero-order valence-corrected chi connectivity index (χ0v) is 19.6. The highest BCUT2D eigenvalue weighted by atomic mass is 32.1. The number of hydrogen-bond donors (Lipinski definition) is 1. The third kappa shape index (κ3) is 5.15. The fourth-order valence-electron chi connectivity index (χ4n) is 3.91. The Morgan fingerprint density at radius 3 is 2.60 bits per heavy atom. The molecule has 0 radical (unpaired) electrons. The molecule has 0 saturated carbocycles. The Bertz CT molecular complexity index is 1400. The van der Waals surface area contributed by atoms with Gasteiger partial charge in [-0.2, -0.15) is 0 Å². The molecule has 9 heteroatoms. The van der Waals surface area contributed by atoms with Crippen molar-refractivity contribution in [2.24, 2.45) is 0 Å². The number of benzene rings is 2. The molecule has 1 N–H and O–H groups in total. The fraction of sp³-hybridized carbons (Fsp3) is 0.154. The summed E-state index contributed by atoms with van der Waals surface area (Å²) < 4.78 is 6.93. The van der Waals surface area contributed by atoms with Gasteiger partial charge < -0.3 is 14.6 Å². The van der Waals surface area contributed by atoms with E-state index in [1.165, 1.54) is 11.3 Å². The van der Waals surface area contributed by atoms with Crippen molar-refractivity contribution in [1.82, 2.24) is 25.2 Å². The van der Waals surface area contributed by atoms with Crippen LogP contribution in [0.1, 0.15) is 22.2 Å². The maximum absolute atomic E-state index is 13.8. The third-order valence-corrected chi connectivity index (χ3v) is 6.54. The van der Waals surface area contributed by atoms with Crippen molar-refractivity contribution in [3.05, 3.63) is 107 Å². The quantitative estimate of drug-likeness (QED) is 0.338. The van der Waals surface area contributed by atoms with Crippen LogP contribution >= 0.6 is 11.3 Å². The van der Waals surface area contributed by atoms with Gasteiger partial charge in [-0.3, -0.25) is 9.59 Å². The van der Waals surface area contributed by atoms with Crippen LogP contribution < -0.4 is 5.32 Å². The van der Waals surface area contributed by atoms with Crippen LogP contribution in [0.25, 0.3) is 11.0 Å². The minimum atomic E-state index is -0.813. The van der Waals surface area contributed by atoms with E-state index in [1.54, 1.807) is 28.0 Å². The van der Waals surface area contributed by atoms with Crippen molar-refractivity contribution < 1.29 is 14.0 Å². The van der Waals surface area contributed by atoms with Crippen LogP contribution in [0, 0.1) is 0 Å². The van der Waals surface area contributed by atoms with Crippen LogP contribution in [-0.4, -0.2) is 31.7 Å². The molecule has 0 saturated heterocycles. The first kappa shape index (κ1) is 22.5. The van der Waals surface area contributed by atoms with Crippen LogP contribution in [-0.2, 0) is 29.2 Å². The standard InChI is InChI=1S/C26H23N5O3S/c32-24(18-31-22-12-5-4-11-21(22)28-29-31)30(17-19-8-2-1-3-9-19)25(23-13-7-15-35-23)26(33)27-16-20-10-6-14-34-20/h1-15,25H,16-18H2,(H,27,33)/t25-/m0/s1. The van der Waals surface area contributed by atoms with Gasteiger partial charge in [0.1, 0.15) is 23.9 Å². The molecule has 3 heterocycles. The lowest BCUT2D eigenvalue weighted by Gasteiger charge is -2.30. The molecule has 0 fully saturated rings. The largest absolute Gasteiger partial charge is 0.467 e. The molecule has 0 aliphatic carbocycles. The van der Waals surface area contributed by atoms with Gasteiger partial charge in [-0.1, -0.05) is 53.7 Å². The Morgan fingerprint density at radius 1 is 1.00 bits per heavy atom. The van der Waals surface area contributed by atoms with E-state index < -0.39 is 6.04 Å². The number of thiophene rings is 1. The highest BCUT2D eigenvalue weighted by molar-refractivity contribution is 7.10. The SMILES string of the molecule is O=C(NCc1ccco1)[C@H](c1cccs1)N(Cc1ccccc1)C(=O)Cn1nnc2ccccc21. The summed E-state index contributed by atoms with van der Waals surface area (Å²) in [4.78, 5) is 29.7. The van der Waals surface area contributed by atoms with E-state index >= 15 is 0 Å². The van der Waals surface area contributed by atoms with Gasteiger partial charge in [-0.05, 0) is 41.3 Å². The molecular weight excluding hydrogens is 462 g/mol. The molecule has 0 aliphatic rings. The summed E-state index contributed by atoms with van der Waals surface area (Å²) in [6.45, 7) is 0.457. The first-order valence-corrected chi connectivity index (χ1v) is 12.0. The second-order valence-electron chi connectivity index (χ2n) is 7.96. The molecule has 0 bridgehead atoms. The monoisotopic (exact) mass is 485 g/mol. The second-order valence-corrected chi connectivity index (χ2v) is 8.94. The van der Waals surface area contributed by atoms with E-state index in [0.717, 1.165) is 16.0 Å². The molecular formula is C26H23N5O3S. The lowest BCUT2D eigenvalue weighted by atomic mass is 10.1. The Labute approximate surface area is 205 Å². The summed E-state index contributed by atoms with van der Waals surface area (Å²) in [5.74, 6) is 0.117. The predicted molar refractivity (Wildman–Crippen MR) is 132 cm³/mol. The van der Waals surface area contributed by atoms with Crippen molar-refractivity contribution in [2.75, 3.05) is 0 Å². The number of carbonyl (C=O) groups excluding carboxylic acids is 2. The summed E-state index contributed by atoms with van der Waals surface area (Å²) in [6, 6.07) is 23.6. The molecule has 176 valence electrons. The number of fused-ring (bicyclic) bond motifs is 1. The summed E-state index contributed by atoms with van der Waals surface area (Å²) in [5, 5.41) is 13.2. The number of furan rings is 1. The van der Waals surface area contributed by atoms with Gasteiger partial charge in [0.05, 0.1) is 18.3 Å². The van der Waals surface area contributed by atoms with Gasteiger partial charge in [-0.15, -0.1) is 16.4 Å². The summed E-state index contributed by atoms with van der Waals surface area (Å²) in [6.07, 6.45) is 1.56. The van der Waals surface area contributed by atoms with Crippen LogP contribution in [0.3, 0.4) is 0 Å². The summed E-state index contributed by atoms with van der Waals surface area (Å²) in [5.41, 5.74) is 2.39. The average Bonchev–Trinajstić information content (AvgIpc) is 3.66. The van der Waals surface area contributed by atoms with Crippen molar-refractivity contribution in [3.63, 3.8) is 0 Å². The van der Waals surface area contributed by atoms with E-state index in [4.69, 9.17) is 4.42 Å². The van der Waals surface area contributed by atoms with Crippen molar-refractivity contribution >= 4 is 34.2 Å². The summed E-state index contributed by atoms with van der Waals surface area (Å²) in [7, 11) is 0. The Balaban J connectivity index is 1.47. The second kappa shape index (κ2) is 10.4. The molecule has 8 nitrogen and oxygen atoms in total. The van der Waals surface area contributed by atoms with Gasteiger partial charge in [0.25, 0.3) is 0 Å². The zero-order valence-electron chi connectivity index (χ0n) is 18.8. The molecule has 3 aromatic heterocycles. The lowest BCUT2D eigenvalue weighted by molar-refractivity contribution is -0.142. The molecule has 0 spiro atoms. The normalized spacial score (nSPS) is 11.9. The molecule has 0 unspecified atom stereocenters. The minimum Gasteiger partial charge on any atom is -0.467 e. The van der Waals surface area contributed by atoms with Crippen LogP contribution in [0.15, 0.2) is 94.9 Å². The van der Waals surface area contributed by atoms with Crippen LogP contribution in [0.2, 0.25) is 0 Å². The van der Waals surface area contributed by atoms with E-state index in [-0.39, 0.29) is 31.4 Å². The topological polar surface area (TPSA) is 93.3 Å². The highest BCUT2D eigenvalue weighted by Crippen LogP contribution is 2.28. The van der Waals surface area contributed by atoms with E-state index in [9.17, 15) is 9.59 Å². The van der Waals surface area contributed by atoms with E-state index in [0.29, 0.717) is 11.3 Å². The van der Waals surface area contributed by atoms with E-state index in [2.05, 4.69) is 15.6 Å². The number of para-hydroxylation sites is 1. The van der Waals surface area contributed by atoms with Crippen LogP contribution in [0.4, 0.5) is 0 Å². The minimum absolute atomic E-state index is 0.0410. The van der Waals surface area contributed by atoms with Gasteiger partial charge in [0.15, 0.2) is 0 Å². The number of nitrogens with one attached hydrogen (secondary N) is 1. The fourth-order valence-corrected chi connectivity index (χ4v) is 4.75. The number of aromatic nitrogens is 3. The van der Waals surface area contributed by atoms with E-state index in [1.807, 2.05) is 72.1 Å². The lowest BCUT2D eigenvalue weighted by Crippen LogP contribution is -2.44. The molecule has 5 rings (SSSR count). The molecule has 0 aliphatic heterocycles. The Morgan fingerprint density at radius 2 is 1.83 bits per heavy atom.